The molecule has 5 rings (SSSR count). The number of rotatable bonds is 5. The normalized spacial score (nSPS) is 14.2. The molecular formula is C20H16N8O5. The van der Waals surface area contributed by atoms with Gasteiger partial charge in [-0.05, 0) is 47.2 Å². The summed E-state index contributed by atoms with van der Waals surface area (Å²) >= 11 is 0. The van der Waals surface area contributed by atoms with E-state index < -0.39 is 16.5 Å². The second-order valence-corrected chi connectivity index (χ2v) is 7.13. The molecular weight excluding hydrogens is 432 g/mol. The number of non-ortho nitro benzene ring substituents is 1. The number of aromatic amines is 1. The fraction of sp³-hybridized carbons (Fsp3) is 0.150. The van der Waals surface area contributed by atoms with Crippen molar-refractivity contribution in [3.05, 3.63) is 74.1 Å². The molecule has 1 aliphatic rings. The first-order chi connectivity index (χ1) is 16.0. The van der Waals surface area contributed by atoms with Crippen LogP contribution in [0.2, 0.25) is 0 Å². The maximum absolute atomic E-state index is 12.7. The van der Waals surface area contributed by atoms with E-state index in [1.807, 2.05) is 0 Å². The molecule has 13 nitrogen and oxygen atoms in total. The molecule has 0 radical (unpaired) electrons. The molecule has 33 heavy (non-hydrogen) atoms. The molecule has 1 atom stereocenters. The number of H-pyrrole nitrogens is 1. The molecule has 0 saturated carbocycles. The van der Waals surface area contributed by atoms with Crippen LogP contribution in [0, 0.1) is 10.1 Å². The van der Waals surface area contributed by atoms with Crippen LogP contribution in [0.25, 0.3) is 11.3 Å². The number of nitro benzene ring substituents is 1. The van der Waals surface area contributed by atoms with Crippen molar-refractivity contribution in [2.24, 2.45) is 0 Å². The van der Waals surface area contributed by atoms with Crippen LogP contribution in [0.5, 0.6) is 11.5 Å². The zero-order chi connectivity index (χ0) is 23.1. The monoisotopic (exact) mass is 448 g/mol. The highest BCUT2D eigenvalue weighted by atomic mass is 16.6. The van der Waals surface area contributed by atoms with Crippen molar-refractivity contribution in [2.75, 3.05) is 11.9 Å². The van der Waals surface area contributed by atoms with Crippen LogP contribution < -0.4 is 15.6 Å². The molecule has 0 unspecified atom stereocenters. The first-order valence-electron chi connectivity index (χ1n) is 9.86. The number of nitrogens with one attached hydrogen (secondary N) is 2. The maximum atomic E-state index is 12.7. The largest absolute Gasteiger partial charge is 0.504 e. The lowest BCUT2D eigenvalue weighted by atomic mass is 9.92. The first-order valence-corrected chi connectivity index (χ1v) is 9.86. The van der Waals surface area contributed by atoms with Gasteiger partial charge in [0.15, 0.2) is 11.5 Å². The first kappa shape index (κ1) is 20.1. The molecule has 1 aliphatic heterocycles. The molecule has 0 aliphatic carbocycles. The third kappa shape index (κ3) is 3.31. The van der Waals surface area contributed by atoms with Crippen molar-refractivity contribution in [2.45, 2.75) is 13.0 Å². The molecule has 4 aromatic rings. The lowest BCUT2D eigenvalue weighted by Gasteiger charge is -2.28. The number of hydrogen-bond acceptors (Lipinski definition) is 10. The van der Waals surface area contributed by atoms with Gasteiger partial charge in [0.2, 0.25) is 5.95 Å². The van der Waals surface area contributed by atoms with Crippen molar-refractivity contribution < 1.29 is 14.8 Å². The molecule has 166 valence electrons. The number of hydrogen-bond donors (Lipinski definition) is 3. The Labute approximate surface area is 184 Å². The molecule has 0 spiro atoms. The van der Waals surface area contributed by atoms with Crippen LogP contribution >= 0.6 is 0 Å². The number of phenolic OH excluding ortho intramolecular Hbond substituents is 1. The number of phenols is 1. The van der Waals surface area contributed by atoms with Gasteiger partial charge < -0.3 is 15.2 Å². The van der Waals surface area contributed by atoms with Crippen LogP contribution in [0.4, 0.5) is 17.3 Å². The van der Waals surface area contributed by atoms with E-state index in [4.69, 9.17) is 4.74 Å². The van der Waals surface area contributed by atoms with Gasteiger partial charge in [-0.2, -0.15) is 9.78 Å². The minimum absolute atomic E-state index is 0.0358. The van der Waals surface area contributed by atoms with Gasteiger partial charge in [-0.15, -0.1) is 0 Å². The van der Waals surface area contributed by atoms with E-state index in [0.717, 1.165) is 0 Å². The number of benzene rings is 2. The number of fused-ring (bicyclic) bond motifs is 2. The minimum Gasteiger partial charge on any atom is -0.504 e. The summed E-state index contributed by atoms with van der Waals surface area (Å²) in [5, 5.41) is 42.6. The number of ether oxygens (including phenoxy) is 1. The van der Waals surface area contributed by atoms with Crippen molar-refractivity contribution in [1.82, 2.24) is 30.4 Å². The summed E-state index contributed by atoms with van der Waals surface area (Å²) in [5.74, 6) is 0.468. The van der Waals surface area contributed by atoms with E-state index >= 15 is 0 Å². The average molecular weight is 448 g/mol. The molecule has 0 amide bonds. The predicted molar refractivity (Wildman–Crippen MR) is 115 cm³/mol. The summed E-state index contributed by atoms with van der Waals surface area (Å²) in [6.07, 6.45) is 0. The van der Waals surface area contributed by atoms with Gasteiger partial charge in [0.25, 0.3) is 11.2 Å². The van der Waals surface area contributed by atoms with Crippen LogP contribution in [0.1, 0.15) is 24.1 Å². The zero-order valence-electron chi connectivity index (χ0n) is 17.1. The summed E-state index contributed by atoms with van der Waals surface area (Å²) in [7, 11) is 0. The van der Waals surface area contributed by atoms with E-state index in [9.17, 15) is 20.0 Å². The van der Waals surface area contributed by atoms with E-state index in [0.29, 0.717) is 29.0 Å². The van der Waals surface area contributed by atoms with Gasteiger partial charge in [0.05, 0.1) is 17.2 Å². The summed E-state index contributed by atoms with van der Waals surface area (Å²) in [6.45, 7) is 2.13. The number of aromatic nitrogens is 6. The molecule has 3 N–H and O–H groups in total. The lowest BCUT2D eigenvalue weighted by molar-refractivity contribution is -0.384. The molecule has 3 heterocycles. The fourth-order valence-corrected chi connectivity index (χ4v) is 3.78. The van der Waals surface area contributed by atoms with Crippen LogP contribution in [0.3, 0.4) is 0 Å². The number of nitro groups is 1. The second kappa shape index (κ2) is 7.71. The Morgan fingerprint density at radius 1 is 1.24 bits per heavy atom. The van der Waals surface area contributed by atoms with Crippen molar-refractivity contribution >= 4 is 17.3 Å². The Balaban J connectivity index is 1.75. The number of anilines is 2. The smallest absolute Gasteiger partial charge is 0.288 e. The van der Waals surface area contributed by atoms with E-state index in [1.165, 1.54) is 22.9 Å². The molecule has 13 heteroatoms. The molecule has 0 saturated heterocycles. The Kier molecular flexibility index (Phi) is 4.70. The lowest BCUT2D eigenvalue weighted by Crippen LogP contribution is -2.29. The standard InChI is InChI=1S/C20H16N8O5/c1-2-33-14-9-11(5-8-13(14)29)18-15-16(10-3-6-12(7-4-10)28(31)32)22-23-19(30)17(15)21-20-24-25-26-27(18)20/h3-9,18,29H,2H2,1H3,(H,23,30)(H,21,24,26)/t18-/m1/s1. The van der Waals surface area contributed by atoms with Gasteiger partial charge in [-0.1, -0.05) is 11.2 Å². The Bertz CT molecular complexity index is 1430. The average Bonchev–Trinajstić information content (AvgIpc) is 3.28. The highest BCUT2D eigenvalue weighted by Gasteiger charge is 2.34. The van der Waals surface area contributed by atoms with E-state index in [-0.39, 0.29) is 28.8 Å². The van der Waals surface area contributed by atoms with Crippen molar-refractivity contribution in [1.29, 1.82) is 0 Å². The van der Waals surface area contributed by atoms with E-state index in [1.54, 1.807) is 31.2 Å². The van der Waals surface area contributed by atoms with E-state index in [2.05, 4.69) is 31.0 Å². The van der Waals surface area contributed by atoms with Crippen LogP contribution in [-0.4, -0.2) is 47.0 Å². The summed E-state index contributed by atoms with van der Waals surface area (Å²) in [6, 6.07) is 9.91. The van der Waals surface area contributed by atoms with Crippen LogP contribution in [-0.2, 0) is 0 Å². The quantitative estimate of drug-likeness (QED) is 0.267. The molecule has 0 fully saturated rings. The summed E-state index contributed by atoms with van der Waals surface area (Å²) < 4.78 is 7.01. The topological polar surface area (TPSA) is 174 Å². The van der Waals surface area contributed by atoms with Crippen molar-refractivity contribution in [3.63, 3.8) is 0 Å². The number of tetrazole rings is 1. The SMILES string of the molecule is CCOc1cc([C@@H]2c3c(-c4ccc([N+](=O)[O-])cc4)n[nH]c(=O)c3Nc3nnnn32)ccc1O. The fourth-order valence-electron chi connectivity index (χ4n) is 3.78. The number of aromatic hydroxyl groups is 1. The second-order valence-electron chi connectivity index (χ2n) is 7.13. The summed E-state index contributed by atoms with van der Waals surface area (Å²) in [5.41, 5.74) is 1.64. The maximum Gasteiger partial charge on any atom is 0.288 e. The zero-order valence-corrected chi connectivity index (χ0v) is 17.1. The third-order valence-corrected chi connectivity index (χ3v) is 5.22. The molecule has 2 aromatic carbocycles. The van der Waals surface area contributed by atoms with Gasteiger partial charge in [-0.25, -0.2) is 5.10 Å². The Hall–Kier alpha value is -4.81. The van der Waals surface area contributed by atoms with Gasteiger partial charge >= 0.3 is 0 Å². The third-order valence-electron chi connectivity index (χ3n) is 5.22. The van der Waals surface area contributed by atoms with Gasteiger partial charge in [0, 0.05) is 23.3 Å². The summed E-state index contributed by atoms with van der Waals surface area (Å²) in [4.78, 5) is 23.3. The Morgan fingerprint density at radius 2 is 2.03 bits per heavy atom. The van der Waals surface area contributed by atoms with Crippen molar-refractivity contribution in [3.8, 4) is 22.8 Å². The highest BCUT2D eigenvalue weighted by Crippen LogP contribution is 2.42. The van der Waals surface area contributed by atoms with Crippen LogP contribution in [0.15, 0.2) is 47.3 Å². The van der Waals surface area contributed by atoms with Gasteiger partial charge in [0.1, 0.15) is 11.7 Å². The highest BCUT2D eigenvalue weighted by molar-refractivity contribution is 5.76. The number of nitrogens with zero attached hydrogens (tertiary/aromatic N) is 6. The van der Waals surface area contributed by atoms with Gasteiger partial charge in [-0.3, -0.25) is 14.9 Å². The minimum atomic E-state index is -0.703. The predicted octanol–water partition coefficient (Wildman–Crippen LogP) is 2.13. The molecule has 2 aromatic heterocycles. The molecule has 0 bridgehead atoms. The Morgan fingerprint density at radius 3 is 2.76 bits per heavy atom.